The van der Waals surface area contributed by atoms with Gasteiger partial charge in [0.2, 0.25) is 0 Å². The molecule has 7 atom stereocenters. The molecule has 0 aromatic carbocycles. The molecule has 0 spiro atoms. The lowest BCUT2D eigenvalue weighted by Crippen LogP contribution is -2.50. The molecule has 0 aromatic rings. The molecule has 0 bridgehead atoms. The summed E-state index contributed by atoms with van der Waals surface area (Å²) in [5, 5.41) is 0. The van der Waals surface area contributed by atoms with Crippen LogP contribution in [0.4, 0.5) is 0 Å². The van der Waals surface area contributed by atoms with Gasteiger partial charge < -0.3 is 0 Å². The normalized spacial score (nSPS) is 47.1. The number of unbranched alkanes of at least 4 members (excludes halogenated alkanes) is 2. The molecule has 4 aliphatic rings. The summed E-state index contributed by atoms with van der Waals surface area (Å²) >= 11 is 0. The van der Waals surface area contributed by atoms with E-state index in [1.807, 2.05) is 5.57 Å². The Morgan fingerprint density at radius 3 is 2.70 bits per heavy atom. The summed E-state index contributed by atoms with van der Waals surface area (Å²) in [6, 6.07) is 0. The first-order valence-electron chi connectivity index (χ1n) is 12.3. The maximum Gasteiger partial charge on any atom is -0.00851 e. The van der Waals surface area contributed by atoms with Crippen LogP contribution >= 0.6 is 0 Å². The minimum atomic E-state index is 0.543. The molecule has 0 N–H and O–H groups in total. The Hall–Kier alpha value is -0.520. The summed E-state index contributed by atoms with van der Waals surface area (Å²) in [6.45, 7) is 12.6. The van der Waals surface area contributed by atoms with Crippen LogP contribution < -0.4 is 0 Å². The highest BCUT2D eigenvalue weighted by Crippen LogP contribution is 2.67. The number of fused-ring (bicyclic) bond motifs is 5. The fourth-order valence-electron chi connectivity index (χ4n) is 8.27. The fraction of sp³-hybridized carbons (Fsp3) is 0.852. The first kappa shape index (κ1) is 19.8. The quantitative estimate of drug-likeness (QED) is 0.345. The van der Waals surface area contributed by atoms with E-state index in [0.29, 0.717) is 10.8 Å². The molecule has 4 rings (SSSR count). The predicted molar refractivity (Wildman–Crippen MR) is 118 cm³/mol. The fourth-order valence-corrected chi connectivity index (χ4v) is 8.27. The number of hydrogen-bond donors (Lipinski definition) is 0. The van der Waals surface area contributed by atoms with Crippen LogP contribution in [0.15, 0.2) is 23.3 Å². The summed E-state index contributed by atoms with van der Waals surface area (Å²) in [5.41, 5.74) is 4.71. The highest BCUT2D eigenvalue weighted by Gasteiger charge is 2.58. The van der Waals surface area contributed by atoms with Crippen molar-refractivity contribution < 1.29 is 0 Å². The van der Waals surface area contributed by atoms with Gasteiger partial charge in [-0.3, -0.25) is 0 Å². The molecule has 0 heteroatoms. The highest BCUT2D eigenvalue weighted by molar-refractivity contribution is 5.26. The van der Waals surface area contributed by atoms with Crippen molar-refractivity contribution in [3.63, 3.8) is 0 Å². The van der Waals surface area contributed by atoms with Gasteiger partial charge >= 0.3 is 0 Å². The van der Waals surface area contributed by atoms with Crippen LogP contribution in [0.3, 0.4) is 0 Å². The van der Waals surface area contributed by atoms with E-state index in [2.05, 4.69) is 46.8 Å². The monoisotopic (exact) mass is 368 g/mol. The number of allylic oxidation sites excluding steroid dienone is 4. The van der Waals surface area contributed by atoms with Crippen LogP contribution in [0.25, 0.3) is 0 Å². The SMILES string of the molecule is CCCC/C=C(\C)C1CCC2C3CC=C4CC(C)CCC4(C)C3CCC12C. The zero-order valence-electron chi connectivity index (χ0n) is 18.8. The van der Waals surface area contributed by atoms with Crippen molar-refractivity contribution in [1.82, 2.24) is 0 Å². The third kappa shape index (κ3) is 3.18. The van der Waals surface area contributed by atoms with Crippen LogP contribution in [0.2, 0.25) is 0 Å². The van der Waals surface area contributed by atoms with Gasteiger partial charge in [0.25, 0.3) is 0 Å². The summed E-state index contributed by atoms with van der Waals surface area (Å²) in [4.78, 5) is 0. The van der Waals surface area contributed by atoms with Gasteiger partial charge in [-0.25, -0.2) is 0 Å². The van der Waals surface area contributed by atoms with Crippen molar-refractivity contribution in [2.24, 2.45) is 40.4 Å². The smallest absolute Gasteiger partial charge is 0.00851 e. The average Bonchev–Trinajstić information content (AvgIpc) is 3.00. The Kier molecular flexibility index (Phi) is 5.41. The first-order chi connectivity index (χ1) is 12.9. The maximum absolute atomic E-state index is 2.74. The molecule has 3 fully saturated rings. The van der Waals surface area contributed by atoms with Gasteiger partial charge in [0.05, 0.1) is 0 Å². The van der Waals surface area contributed by atoms with E-state index in [-0.39, 0.29) is 0 Å². The van der Waals surface area contributed by atoms with Gasteiger partial charge in [-0.1, -0.05) is 63.8 Å². The second-order valence-electron chi connectivity index (χ2n) is 11.4. The standard InChI is InChI=1S/C27H44/c1-6-7-8-9-20(3)23-12-13-24-22-11-10-21-18-19(2)14-16-26(21,4)25(22)15-17-27(23,24)5/h9-10,19,22-25H,6-8,11-18H2,1-5H3/b20-9+. The van der Waals surface area contributed by atoms with E-state index >= 15 is 0 Å². The summed E-state index contributed by atoms with van der Waals surface area (Å²) in [7, 11) is 0. The molecule has 0 saturated heterocycles. The minimum Gasteiger partial charge on any atom is -0.0853 e. The van der Waals surface area contributed by atoms with Gasteiger partial charge in [-0.05, 0) is 105 Å². The van der Waals surface area contributed by atoms with E-state index in [0.717, 1.165) is 29.6 Å². The van der Waals surface area contributed by atoms with Gasteiger partial charge in [-0.15, -0.1) is 0 Å². The zero-order chi connectivity index (χ0) is 19.2. The van der Waals surface area contributed by atoms with E-state index in [1.165, 1.54) is 70.6 Å². The van der Waals surface area contributed by atoms with Crippen molar-refractivity contribution >= 4 is 0 Å². The summed E-state index contributed by atoms with van der Waals surface area (Å²) in [5.74, 6) is 4.71. The van der Waals surface area contributed by atoms with Crippen molar-refractivity contribution in [2.75, 3.05) is 0 Å². The van der Waals surface area contributed by atoms with E-state index in [9.17, 15) is 0 Å². The Balaban J connectivity index is 1.56. The second kappa shape index (κ2) is 7.38. The third-order valence-corrected chi connectivity index (χ3v) is 9.92. The van der Waals surface area contributed by atoms with Crippen molar-refractivity contribution in [1.29, 1.82) is 0 Å². The van der Waals surface area contributed by atoms with Crippen LogP contribution in [-0.4, -0.2) is 0 Å². The maximum atomic E-state index is 2.74. The Morgan fingerprint density at radius 1 is 1.11 bits per heavy atom. The van der Waals surface area contributed by atoms with Crippen molar-refractivity contribution in [3.8, 4) is 0 Å². The predicted octanol–water partition coefficient (Wildman–Crippen LogP) is 8.34. The molecular weight excluding hydrogens is 324 g/mol. The molecule has 0 amide bonds. The molecule has 152 valence electrons. The van der Waals surface area contributed by atoms with Crippen LogP contribution in [0, 0.1) is 40.4 Å². The van der Waals surface area contributed by atoms with E-state index in [1.54, 1.807) is 5.57 Å². The van der Waals surface area contributed by atoms with Crippen LogP contribution in [0.5, 0.6) is 0 Å². The molecular formula is C27H44. The minimum absolute atomic E-state index is 0.543. The summed E-state index contributed by atoms with van der Waals surface area (Å²) < 4.78 is 0. The molecule has 0 nitrogen and oxygen atoms in total. The second-order valence-corrected chi connectivity index (χ2v) is 11.4. The Morgan fingerprint density at radius 2 is 1.93 bits per heavy atom. The highest BCUT2D eigenvalue weighted by atomic mass is 14.6. The van der Waals surface area contributed by atoms with E-state index in [4.69, 9.17) is 0 Å². The number of rotatable bonds is 4. The molecule has 7 unspecified atom stereocenters. The lowest BCUT2D eigenvalue weighted by molar-refractivity contribution is -0.0389. The topological polar surface area (TPSA) is 0 Å². The van der Waals surface area contributed by atoms with Gasteiger partial charge in [0.1, 0.15) is 0 Å². The molecule has 0 radical (unpaired) electrons. The molecule has 0 aromatic heterocycles. The Labute approximate surface area is 169 Å². The van der Waals surface area contributed by atoms with Crippen LogP contribution in [-0.2, 0) is 0 Å². The molecule has 0 heterocycles. The lowest BCUT2D eigenvalue weighted by atomic mass is 9.47. The Bertz CT molecular complexity index is 610. The van der Waals surface area contributed by atoms with Crippen LogP contribution in [0.1, 0.15) is 105 Å². The zero-order valence-corrected chi connectivity index (χ0v) is 18.8. The number of hydrogen-bond acceptors (Lipinski definition) is 0. The molecule has 27 heavy (non-hydrogen) atoms. The van der Waals surface area contributed by atoms with E-state index < -0.39 is 0 Å². The molecule has 0 aliphatic heterocycles. The summed E-state index contributed by atoms with van der Waals surface area (Å²) in [6.07, 6.45) is 21.0. The third-order valence-electron chi connectivity index (χ3n) is 9.92. The molecule has 3 saturated carbocycles. The van der Waals surface area contributed by atoms with Gasteiger partial charge in [-0.2, -0.15) is 0 Å². The van der Waals surface area contributed by atoms with Crippen molar-refractivity contribution in [2.45, 2.75) is 105 Å². The average molecular weight is 369 g/mol. The first-order valence-corrected chi connectivity index (χ1v) is 12.3. The van der Waals surface area contributed by atoms with Gasteiger partial charge in [0.15, 0.2) is 0 Å². The largest absolute Gasteiger partial charge is 0.0853 e. The molecule has 4 aliphatic carbocycles. The lowest BCUT2D eigenvalue weighted by Gasteiger charge is -2.58. The van der Waals surface area contributed by atoms with Gasteiger partial charge in [0, 0.05) is 0 Å². The van der Waals surface area contributed by atoms with Crippen molar-refractivity contribution in [3.05, 3.63) is 23.3 Å².